The van der Waals surface area contributed by atoms with E-state index in [4.69, 9.17) is 23.2 Å². The Bertz CT molecular complexity index is 698. The van der Waals surface area contributed by atoms with Crippen molar-refractivity contribution < 1.29 is 9.90 Å². The number of carbonyl (C=O) groups excluding carboxylic acids is 1. The molecular weight excluding hydrogens is 291 g/mol. The van der Waals surface area contributed by atoms with Gasteiger partial charge in [-0.1, -0.05) is 23.2 Å². The number of amides is 1. The summed E-state index contributed by atoms with van der Waals surface area (Å²) in [6, 6.07) is 5.50. The zero-order valence-electron chi connectivity index (χ0n) is 9.41. The number of aromatic hydroxyl groups is 1. The minimum atomic E-state index is -0.613. The minimum Gasteiger partial charge on any atom is -0.507 e. The molecule has 0 fully saturated rings. The van der Waals surface area contributed by atoms with E-state index in [9.17, 15) is 14.7 Å². The van der Waals surface area contributed by atoms with Crippen molar-refractivity contribution in [2.75, 3.05) is 5.32 Å². The topological polar surface area (TPSA) is 82.2 Å². The van der Waals surface area contributed by atoms with Gasteiger partial charge in [0.15, 0.2) is 0 Å². The van der Waals surface area contributed by atoms with Gasteiger partial charge in [-0.15, -0.1) is 0 Å². The Morgan fingerprint density at radius 1 is 1.26 bits per heavy atom. The molecule has 3 N–H and O–H groups in total. The fraction of sp³-hybridized carbons (Fsp3) is 0. The number of carbonyl (C=O) groups is 1. The van der Waals surface area contributed by atoms with Crippen LogP contribution in [0.1, 0.15) is 10.4 Å². The second kappa shape index (κ2) is 5.34. The quantitative estimate of drug-likeness (QED) is 0.797. The number of hydrogen-bond acceptors (Lipinski definition) is 3. The number of anilines is 1. The van der Waals surface area contributed by atoms with Crippen LogP contribution in [0.4, 0.5) is 5.69 Å². The van der Waals surface area contributed by atoms with Crippen molar-refractivity contribution in [3.05, 3.63) is 56.4 Å². The van der Waals surface area contributed by atoms with Gasteiger partial charge in [0.05, 0.1) is 16.3 Å². The van der Waals surface area contributed by atoms with Gasteiger partial charge in [0.1, 0.15) is 5.75 Å². The average Bonchev–Trinajstić information content (AvgIpc) is 2.33. The number of aromatic amines is 1. The Labute approximate surface area is 117 Å². The third-order valence-electron chi connectivity index (χ3n) is 2.32. The van der Waals surface area contributed by atoms with Gasteiger partial charge in [-0.25, -0.2) is 0 Å². The predicted octanol–water partition coefficient (Wildman–Crippen LogP) is 2.64. The zero-order valence-corrected chi connectivity index (χ0v) is 10.9. The molecule has 0 aliphatic heterocycles. The molecule has 2 aromatic rings. The molecule has 1 heterocycles. The van der Waals surface area contributed by atoms with E-state index in [0.717, 1.165) is 12.3 Å². The first-order valence-electron chi connectivity index (χ1n) is 5.15. The number of nitrogens with one attached hydrogen (secondary N) is 2. The molecular formula is C12H8Cl2N2O3. The number of rotatable bonds is 2. The van der Waals surface area contributed by atoms with Crippen LogP contribution in [0.15, 0.2) is 35.3 Å². The molecule has 5 nitrogen and oxygen atoms in total. The summed E-state index contributed by atoms with van der Waals surface area (Å²) in [5.41, 5.74) is -0.268. The average molecular weight is 299 g/mol. The maximum Gasteiger partial charge on any atom is 0.260 e. The summed E-state index contributed by atoms with van der Waals surface area (Å²) >= 11 is 11.7. The number of pyridine rings is 1. The highest BCUT2D eigenvalue weighted by atomic mass is 35.5. The molecule has 0 atom stereocenters. The molecule has 98 valence electrons. The van der Waals surface area contributed by atoms with Crippen LogP contribution in [0.2, 0.25) is 10.0 Å². The zero-order chi connectivity index (χ0) is 14.0. The summed E-state index contributed by atoms with van der Waals surface area (Å²) in [6.45, 7) is 0. The van der Waals surface area contributed by atoms with E-state index in [1.54, 1.807) is 6.07 Å². The first kappa shape index (κ1) is 13.5. The molecule has 1 aromatic heterocycles. The predicted molar refractivity (Wildman–Crippen MR) is 73.1 cm³/mol. The molecule has 0 aliphatic carbocycles. The van der Waals surface area contributed by atoms with E-state index in [0.29, 0.717) is 15.7 Å². The maximum absolute atomic E-state index is 11.9. The van der Waals surface area contributed by atoms with Crippen molar-refractivity contribution in [2.45, 2.75) is 0 Å². The molecule has 0 saturated carbocycles. The van der Waals surface area contributed by atoms with Gasteiger partial charge in [0.2, 0.25) is 0 Å². The summed E-state index contributed by atoms with van der Waals surface area (Å²) in [4.78, 5) is 25.1. The molecule has 0 saturated heterocycles. The molecule has 0 bridgehead atoms. The minimum absolute atomic E-state index is 0.0735. The Balaban J connectivity index is 2.30. The molecule has 1 aromatic carbocycles. The number of aromatic nitrogens is 1. The molecule has 0 unspecified atom stereocenters. The van der Waals surface area contributed by atoms with Crippen LogP contribution in [0.5, 0.6) is 5.75 Å². The number of benzene rings is 1. The maximum atomic E-state index is 11.9. The van der Waals surface area contributed by atoms with Gasteiger partial charge in [-0.2, -0.15) is 0 Å². The fourth-order valence-electron chi connectivity index (χ4n) is 1.43. The summed E-state index contributed by atoms with van der Waals surface area (Å²) in [5, 5.41) is 12.7. The van der Waals surface area contributed by atoms with Crippen molar-refractivity contribution in [1.29, 1.82) is 0 Å². The lowest BCUT2D eigenvalue weighted by molar-refractivity contribution is 0.102. The van der Waals surface area contributed by atoms with Crippen LogP contribution in [0, 0.1) is 0 Å². The van der Waals surface area contributed by atoms with E-state index in [1.807, 2.05) is 0 Å². The van der Waals surface area contributed by atoms with E-state index in [1.165, 1.54) is 12.1 Å². The molecule has 0 radical (unpaired) electrons. The Hall–Kier alpha value is -1.98. The smallest absolute Gasteiger partial charge is 0.260 e. The van der Waals surface area contributed by atoms with Crippen LogP contribution in [-0.4, -0.2) is 16.0 Å². The normalized spacial score (nSPS) is 10.2. The van der Waals surface area contributed by atoms with E-state index < -0.39 is 17.2 Å². The second-order valence-electron chi connectivity index (χ2n) is 3.67. The van der Waals surface area contributed by atoms with Crippen molar-refractivity contribution >= 4 is 34.8 Å². The highest BCUT2D eigenvalue weighted by molar-refractivity contribution is 6.35. The van der Waals surface area contributed by atoms with Crippen molar-refractivity contribution in [1.82, 2.24) is 4.98 Å². The lowest BCUT2D eigenvalue weighted by Gasteiger charge is -2.08. The monoisotopic (exact) mass is 298 g/mol. The van der Waals surface area contributed by atoms with E-state index in [-0.39, 0.29) is 5.56 Å². The van der Waals surface area contributed by atoms with Gasteiger partial charge in [-0.05, 0) is 18.2 Å². The highest BCUT2D eigenvalue weighted by Gasteiger charge is 2.13. The third kappa shape index (κ3) is 3.07. The third-order valence-corrected chi connectivity index (χ3v) is 2.89. The summed E-state index contributed by atoms with van der Waals surface area (Å²) < 4.78 is 0. The van der Waals surface area contributed by atoms with Crippen LogP contribution in [0.25, 0.3) is 0 Å². The van der Waals surface area contributed by atoms with Gasteiger partial charge in [-0.3, -0.25) is 9.59 Å². The molecule has 0 spiro atoms. The van der Waals surface area contributed by atoms with Crippen LogP contribution in [0.3, 0.4) is 0 Å². The number of H-pyrrole nitrogens is 1. The lowest BCUT2D eigenvalue weighted by Crippen LogP contribution is -2.15. The molecule has 2 rings (SSSR count). The summed E-state index contributed by atoms with van der Waals surface area (Å²) in [5.74, 6) is -1.03. The van der Waals surface area contributed by atoms with Gasteiger partial charge in [0, 0.05) is 17.3 Å². The molecule has 1 amide bonds. The van der Waals surface area contributed by atoms with Gasteiger partial charge in [0.25, 0.3) is 11.5 Å². The first-order valence-corrected chi connectivity index (χ1v) is 5.91. The number of hydrogen-bond donors (Lipinski definition) is 3. The van der Waals surface area contributed by atoms with E-state index >= 15 is 0 Å². The first-order chi connectivity index (χ1) is 8.97. The standard InChI is InChI=1S/C12H8Cl2N2O3/c13-6-1-2-8(14)9(3-6)16-12(19)7-5-15-11(18)4-10(7)17/h1-5H,(H,16,19)(H2,15,17,18). The molecule has 19 heavy (non-hydrogen) atoms. The van der Waals surface area contributed by atoms with Crippen molar-refractivity contribution in [3.8, 4) is 5.75 Å². The van der Waals surface area contributed by atoms with Crippen LogP contribution in [-0.2, 0) is 0 Å². The Morgan fingerprint density at radius 3 is 2.68 bits per heavy atom. The number of halogens is 2. The Kier molecular flexibility index (Phi) is 3.78. The fourth-order valence-corrected chi connectivity index (χ4v) is 1.76. The van der Waals surface area contributed by atoms with Crippen molar-refractivity contribution in [3.63, 3.8) is 0 Å². The Morgan fingerprint density at radius 2 is 2.00 bits per heavy atom. The SMILES string of the molecule is O=C(Nc1cc(Cl)ccc1Cl)c1c[nH]c(=O)cc1O. The molecule has 0 aliphatic rings. The van der Waals surface area contributed by atoms with Gasteiger partial charge < -0.3 is 15.4 Å². The lowest BCUT2D eigenvalue weighted by atomic mass is 10.2. The van der Waals surface area contributed by atoms with E-state index in [2.05, 4.69) is 10.3 Å². The van der Waals surface area contributed by atoms with Crippen LogP contribution < -0.4 is 10.9 Å². The molecule has 7 heteroatoms. The second-order valence-corrected chi connectivity index (χ2v) is 4.52. The van der Waals surface area contributed by atoms with Gasteiger partial charge >= 0.3 is 0 Å². The highest BCUT2D eigenvalue weighted by Crippen LogP contribution is 2.26. The van der Waals surface area contributed by atoms with Crippen LogP contribution >= 0.6 is 23.2 Å². The summed E-state index contributed by atoms with van der Waals surface area (Å²) in [6.07, 6.45) is 1.12. The summed E-state index contributed by atoms with van der Waals surface area (Å²) in [7, 11) is 0. The van der Waals surface area contributed by atoms with Crippen molar-refractivity contribution in [2.24, 2.45) is 0 Å². The largest absolute Gasteiger partial charge is 0.507 e.